The van der Waals surface area contributed by atoms with Crippen molar-refractivity contribution in [2.45, 2.75) is 57.7 Å². The third-order valence-corrected chi connectivity index (χ3v) is 9.65. The van der Waals surface area contributed by atoms with Crippen LogP contribution in [0.15, 0.2) is 43.2 Å². The van der Waals surface area contributed by atoms with Gasteiger partial charge in [-0.15, -0.1) is 0 Å². The van der Waals surface area contributed by atoms with Crippen molar-refractivity contribution in [1.82, 2.24) is 29.3 Å². The number of hydrogen-bond acceptors (Lipinski definition) is 8. The Morgan fingerprint density at radius 3 is 2.98 bits per heavy atom. The lowest BCUT2D eigenvalue weighted by Gasteiger charge is -2.23. The van der Waals surface area contributed by atoms with E-state index in [4.69, 9.17) is 14.6 Å². The Kier molecular flexibility index (Phi) is 7.29. The third-order valence-electron chi connectivity index (χ3n) is 7.95. The molecule has 0 bridgehead atoms. The fourth-order valence-electron chi connectivity index (χ4n) is 5.62. The SMILES string of the molecule is C[Si](C)(C)CCOCn1ccc2c(-c3cnn(C(CC#N)C4CCN(c5cc6c(cn5)CCO6)C4)c3)ncnc21. The first-order valence-corrected chi connectivity index (χ1v) is 17.8. The molecule has 10 nitrogen and oxygen atoms in total. The lowest BCUT2D eigenvalue weighted by molar-refractivity contribution is 0.0899. The highest BCUT2D eigenvalue weighted by Crippen LogP contribution is 2.36. The van der Waals surface area contributed by atoms with Crippen molar-refractivity contribution in [2.24, 2.45) is 5.92 Å². The number of anilines is 1. The number of ether oxygens (including phenoxy) is 2. The van der Waals surface area contributed by atoms with E-state index in [-0.39, 0.29) is 12.0 Å². The second kappa shape index (κ2) is 11.0. The van der Waals surface area contributed by atoms with E-state index in [2.05, 4.69) is 51.6 Å². The largest absolute Gasteiger partial charge is 0.493 e. The van der Waals surface area contributed by atoms with Crippen molar-refractivity contribution in [2.75, 3.05) is 31.2 Å². The molecular weight excluding hydrogens is 520 g/mol. The minimum Gasteiger partial charge on any atom is -0.493 e. The van der Waals surface area contributed by atoms with Crippen LogP contribution in [0.3, 0.4) is 0 Å². The minimum absolute atomic E-state index is 0.0314. The van der Waals surface area contributed by atoms with E-state index in [9.17, 15) is 5.26 Å². The van der Waals surface area contributed by atoms with Gasteiger partial charge >= 0.3 is 0 Å². The van der Waals surface area contributed by atoms with Gasteiger partial charge in [0.25, 0.3) is 0 Å². The maximum atomic E-state index is 9.68. The Morgan fingerprint density at radius 2 is 2.12 bits per heavy atom. The Morgan fingerprint density at radius 1 is 1.23 bits per heavy atom. The van der Waals surface area contributed by atoms with Gasteiger partial charge in [-0.2, -0.15) is 10.4 Å². The summed E-state index contributed by atoms with van der Waals surface area (Å²) in [6.45, 7) is 10.7. The Balaban J connectivity index is 1.18. The molecule has 0 N–H and O–H groups in total. The van der Waals surface area contributed by atoms with Gasteiger partial charge < -0.3 is 18.9 Å². The Labute approximate surface area is 235 Å². The number of rotatable bonds is 10. The van der Waals surface area contributed by atoms with Crippen LogP contribution in [-0.4, -0.2) is 63.7 Å². The molecule has 0 saturated carbocycles. The van der Waals surface area contributed by atoms with Crippen molar-refractivity contribution >= 4 is 24.9 Å². The van der Waals surface area contributed by atoms with Crippen LogP contribution < -0.4 is 9.64 Å². The summed E-state index contributed by atoms with van der Waals surface area (Å²) in [7, 11) is -1.13. The average Bonchev–Trinajstić information content (AvgIpc) is 3.75. The summed E-state index contributed by atoms with van der Waals surface area (Å²) in [6, 6.07) is 7.59. The molecule has 2 aliphatic rings. The first kappa shape index (κ1) is 26.5. The molecule has 4 aromatic heterocycles. The van der Waals surface area contributed by atoms with E-state index in [1.807, 2.05) is 40.1 Å². The summed E-state index contributed by atoms with van der Waals surface area (Å²) in [5, 5.41) is 15.4. The van der Waals surface area contributed by atoms with E-state index < -0.39 is 8.07 Å². The zero-order valence-electron chi connectivity index (χ0n) is 23.5. The second-order valence-electron chi connectivity index (χ2n) is 12.0. The van der Waals surface area contributed by atoms with Crippen molar-refractivity contribution in [3.05, 3.63) is 48.8 Å². The molecule has 2 unspecified atom stereocenters. The van der Waals surface area contributed by atoms with E-state index in [0.717, 1.165) is 79.0 Å². The van der Waals surface area contributed by atoms with Gasteiger partial charge in [0, 0.05) is 81.3 Å². The molecule has 0 aromatic carbocycles. The molecule has 11 heteroatoms. The Hall–Kier alpha value is -3.75. The standard InChI is InChI=1S/C29H36N8O2Si/c1-40(2,3)13-12-38-20-36-10-6-24-28(32-19-33-29(24)36)23-16-34-37(18-23)25(4-8-30)22-5-9-35(17-22)27-14-26-21(15-31-27)7-11-39-26/h6,10,14-16,18-19,22,25H,4-5,7,9,11-13,17,20H2,1-3H3. The first-order valence-electron chi connectivity index (χ1n) is 14.1. The van der Waals surface area contributed by atoms with Crippen LogP contribution in [0.5, 0.6) is 5.75 Å². The maximum Gasteiger partial charge on any atom is 0.145 e. The van der Waals surface area contributed by atoms with E-state index in [1.165, 1.54) is 5.56 Å². The van der Waals surface area contributed by atoms with E-state index >= 15 is 0 Å². The minimum atomic E-state index is -1.13. The van der Waals surface area contributed by atoms with Crippen LogP contribution in [0, 0.1) is 17.2 Å². The quantitative estimate of drug-likeness (QED) is 0.200. The van der Waals surface area contributed by atoms with Crippen LogP contribution in [0.25, 0.3) is 22.3 Å². The zero-order valence-corrected chi connectivity index (χ0v) is 24.5. The van der Waals surface area contributed by atoms with Gasteiger partial charge in [-0.25, -0.2) is 15.0 Å². The van der Waals surface area contributed by atoms with Gasteiger partial charge in [-0.3, -0.25) is 4.68 Å². The molecule has 0 aliphatic carbocycles. The normalized spacial score (nSPS) is 17.6. The smallest absolute Gasteiger partial charge is 0.145 e. The number of aromatic nitrogens is 6. The fourth-order valence-corrected chi connectivity index (χ4v) is 6.38. The topological polar surface area (TPSA) is 107 Å². The summed E-state index contributed by atoms with van der Waals surface area (Å²) < 4.78 is 15.7. The molecule has 2 aliphatic heterocycles. The molecular formula is C29H36N8O2Si. The van der Waals surface area contributed by atoms with Gasteiger partial charge in [-0.1, -0.05) is 19.6 Å². The van der Waals surface area contributed by atoms with Crippen LogP contribution >= 0.6 is 0 Å². The predicted molar refractivity (Wildman–Crippen MR) is 156 cm³/mol. The van der Waals surface area contributed by atoms with E-state index in [1.54, 1.807) is 6.33 Å². The van der Waals surface area contributed by atoms with Crippen LogP contribution in [-0.2, 0) is 17.9 Å². The molecule has 0 amide bonds. The number of pyridine rings is 1. The van der Waals surface area contributed by atoms with Gasteiger partial charge in [0.05, 0.1) is 37.0 Å². The van der Waals surface area contributed by atoms with E-state index in [0.29, 0.717) is 13.2 Å². The fraction of sp³-hybridized carbons (Fsp3) is 0.483. The number of nitriles is 1. The lowest BCUT2D eigenvalue weighted by Crippen LogP contribution is -2.25. The van der Waals surface area contributed by atoms with Crippen molar-refractivity contribution in [3.63, 3.8) is 0 Å². The van der Waals surface area contributed by atoms with Crippen molar-refractivity contribution in [3.8, 4) is 23.1 Å². The van der Waals surface area contributed by atoms with Gasteiger partial charge in [0.15, 0.2) is 0 Å². The van der Waals surface area contributed by atoms with Gasteiger partial charge in [-0.05, 0) is 18.5 Å². The summed E-state index contributed by atoms with van der Waals surface area (Å²) >= 11 is 0. The summed E-state index contributed by atoms with van der Waals surface area (Å²) in [5.74, 6) is 2.17. The molecule has 40 heavy (non-hydrogen) atoms. The zero-order chi connectivity index (χ0) is 27.7. The highest BCUT2D eigenvalue weighted by atomic mass is 28.3. The monoisotopic (exact) mass is 556 g/mol. The summed E-state index contributed by atoms with van der Waals surface area (Å²) in [5.41, 5.74) is 3.77. The van der Waals surface area contributed by atoms with Crippen molar-refractivity contribution < 1.29 is 9.47 Å². The predicted octanol–water partition coefficient (Wildman–Crippen LogP) is 4.92. The molecule has 1 saturated heterocycles. The molecule has 6 heterocycles. The molecule has 208 valence electrons. The average molecular weight is 557 g/mol. The second-order valence-corrected chi connectivity index (χ2v) is 17.6. The molecule has 6 rings (SSSR count). The highest BCUT2D eigenvalue weighted by molar-refractivity contribution is 6.76. The third kappa shape index (κ3) is 5.46. The number of fused-ring (bicyclic) bond motifs is 2. The number of nitrogens with zero attached hydrogens (tertiary/aromatic N) is 8. The molecule has 0 spiro atoms. The number of hydrogen-bond donors (Lipinski definition) is 0. The first-order chi connectivity index (χ1) is 19.4. The summed E-state index contributed by atoms with van der Waals surface area (Å²) in [6.07, 6.45) is 11.7. The highest BCUT2D eigenvalue weighted by Gasteiger charge is 2.32. The Bertz CT molecular complexity index is 1540. The van der Waals surface area contributed by atoms with Gasteiger partial charge in [0.1, 0.15) is 30.3 Å². The molecule has 0 radical (unpaired) electrons. The molecule has 4 aromatic rings. The van der Waals surface area contributed by atoms with Crippen LogP contribution in [0.2, 0.25) is 25.7 Å². The summed E-state index contributed by atoms with van der Waals surface area (Å²) in [4.78, 5) is 16.1. The van der Waals surface area contributed by atoms with Gasteiger partial charge in [0.2, 0.25) is 0 Å². The molecule has 2 atom stereocenters. The van der Waals surface area contributed by atoms with Crippen molar-refractivity contribution in [1.29, 1.82) is 5.26 Å². The van der Waals surface area contributed by atoms with Crippen LogP contribution in [0.4, 0.5) is 5.82 Å². The van der Waals surface area contributed by atoms with Crippen LogP contribution in [0.1, 0.15) is 24.4 Å². The lowest BCUT2D eigenvalue weighted by atomic mass is 9.96. The maximum absolute atomic E-state index is 9.68. The molecule has 1 fully saturated rings.